The molecule has 1 saturated carbocycles. The Labute approximate surface area is 265 Å². The fourth-order valence-corrected chi connectivity index (χ4v) is 6.63. The number of halogens is 4. The standard InChI is InChI=1S/C31H27F4N7O3S/c1-4-7-22-37-16(3)25-27(43)38-26(39-42(22)25)19-14-18(9-11-21(19)45-5-2)41-29(46)40(28(44)30(41)12-6-13-30)20-10-8-17(15-36)23(24(20)32)31(33,34)35/h8-11,14H,4-7,12-13H2,1-3H3,(H,38,39,43). The third kappa shape index (κ3) is 4.61. The molecular formula is C31H27F4N7O3S. The highest BCUT2D eigenvalue weighted by Gasteiger charge is 2.60. The predicted octanol–water partition coefficient (Wildman–Crippen LogP) is 5.83. The molecule has 2 aliphatic rings. The van der Waals surface area contributed by atoms with Gasteiger partial charge in [0.25, 0.3) is 11.5 Å². The number of H-pyrrole nitrogens is 1. The zero-order valence-corrected chi connectivity index (χ0v) is 25.8. The molecule has 0 atom stereocenters. The quantitative estimate of drug-likeness (QED) is 0.195. The second-order valence-electron chi connectivity index (χ2n) is 11.1. The summed E-state index contributed by atoms with van der Waals surface area (Å²) in [4.78, 5) is 36.8. The molecular weight excluding hydrogens is 626 g/mol. The van der Waals surface area contributed by atoms with Crippen LogP contribution in [0.1, 0.15) is 62.2 Å². The number of anilines is 2. The van der Waals surface area contributed by atoms with Crippen LogP contribution in [0.15, 0.2) is 35.1 Å². The van der Waals surface area contributed by atoms with Crippen molar-refractivity contribution in [2.75, 3.05) is 16.4 Å². The summed E-state index contributed by atoms with van der Waals surface area (Å²) < 4.78 is 64.5. The fourth-order valence-electron chi connectivity index (χ4n) is 6.17. The third-order valence-corrected chi connectivity index (χ3v) is 8.72. The summed E-state index contributed by atoms with van der Waals surface area (Å²) in [5.74, 6) is -1.32. The molecule has 1 aliphatic carbocycles. The number of hydrogen-bond donors (Lipinski definition) is 1. The number of aryl methyl sites for hydroxylation is 2. The zero-order chi connectivity index (χ0) is 33.1. The van der Waals surface area contributed by atoms with Crippen molar-refractivity contribution in [3.63, 3.8) is 0 Å². The number of thiocarbonyl (C=S) groups is 1. The summed E-state index contributed by atoms with van der Waals surface area (Å²) in [6, 6.07) is 8.02. The van der Waals surface area contributed by atoms with Gasteiger partial charge in [0.05, 0.1) is 35.2 Å². The topological polar surface area (TPSA) is 120 Å². The molecule has 1 saturated heterocycles. The maximum atomic E-state index is 15.6. The molecule has 1 amide bonds. The van der Waals surface area contributed by atoms with Crippen LogP contribution in [-0.4, -0.2) is 42.7 Å². The lowest BCUT2D eigenvalue weighted by molar-refractivity contribution is -0.140. The number of fused-ring (bicyclic) bond motifs is 1. The van der Waals surface area contributed by atoms with Gasteiger partial charge in [-0.3, -0.25) is 14.5 Å². The van der Waals surface area contributed by atoms with E-state index >= 15 is 4.39 Å². The number of imidazole rings is 1. The molecule has 1 spiro atoms. The average Bonchev–Trinajstić information content (AvgIpc) is 3.42. The number of carbonyl (C=O) groups excluding carboxylic acids is 1. The number of amides is 1. The fraction of sp³-hybridized carbons (Fsp3) is 0.355. The van der Waals surface area contributed by atoms with E-state index in [9.17, 15) is 28.0 Å². The molecule has 1 N–H and O–H groups in total. The van der Waals surface area contributed by atoms with E-state index in [1.165, 1.54) is 15.5 Å². The van der Waals surface area contributed by atoms with Gasteiger partial charge < -0.3 is 14.6 Å². The second kappa shape index (κ2) is 11.2. The first-order chi connectivity index (χ1) is 21.9. The van der Waals surface area contributed by atoms with Gasteiger partial charge in [0.2, 0.25) is 0 Å². The highest BCUT2D eigenvalue weighted by Crippen LogP contribution is 2.50. The van der Waals surface area contributed by atoms with Crippen molar-refractivity contribution in [1.29, 1.82) is 5.26 Å². The van der Waals surface area contributed by atoms with Crippen molar-refractivity contribution < 1.29 is 27.1 Å². The van der Waals surface area contributed by atoms with Gasteiger partial charge in [-0.1, -0.05) is 6.92 Å². The molecule has 0 bridgehead atoms. The van der Waals surface area contributed by atoms with Gasteiger partial charge in [0.15, 0.2) is 22.3 Å². The summed E-state index contributed by atoms with van der Waals surface area (Å²) >= 11 is 5.69. The number of rotatable bonds is 7. The summed E-state index contributed by atoms with van der Waals surface area (Å²) in [6.07, 6.45) is -2.60. The maximum Gasteiger partial charge on any atom is 0.420 e. The number of carbonyl (C=O) groups is 1. The SMILES string of the molecule is CCCc1nc(C)c2c(=O)[nH]c(-c3cc(N4C(=S)N(c5ccc(C#N)c(C(F)(F)F)c5F)C(=O)C45CCC5)ccc3OCC)nn12. The van der Waals surface area contributed by atoms with Gasteiger partial charge in [0.1, 0.15) is 22.7 Å². The second-order valence-corrected chi connectivity index (χ2v) is 11.5. The van der Waals surface area contributed by atoms with Crippen LogP contribution in [0, 0.1) is 24.1 Å². The van der Waals surface area contributed by atoms with Crippen molar-refractivity contribution in [2.24, 2.45) is 0 Å². The van der Waals surface area contributed by atoms with E-state index in [4.69, 9.17) is 22.1 Å². The number of aromatic nitrogens is 4. The highest BCUT2D eigenvalue weighted by molar-refractivity contribution is 7.81. The van der Waals surface area contributed by atoms with Crippen LogP contribution < -0.4 is 20.1 Å². The van der Waals surface area contributed by atoms with Crippen molar-refractivity contribution in [3.05, 3.63) is 69.1 Å². The van der Waals surface area contributed by atoms with Crippen LogP contribution in [0.3, 0.4) is 0 Å². The largest absolute Gasteiger partial charge is 0.493 e. The maximum absolute atomic E-state index is 15.6. The van der Waals surface area contributed by atoms with E-state index < -0.39 is 45.8 Å². The number of aromatic amines is 1. The minimum atomic E-state index is -5.19. The van der Waals surface area contributed by atoms with Crippen LogP contribution in [-0.2, 0) is 17.4 Å². The van der Waals surface area contributed by atoms with Gasteiger partial charge in [-0.25, -0.2) is 13.9 Å². The molecule has 6 rings (SSSR count). The molecule has 3 heterocycles. The zero-order valence-electron chi connectivity index (χ0n) is 25.0. The Kier molecular flexibility index (Phi) is 7.58. The van der Waals surface area contributed by atoms with Gasteiger partial charge in [-0.05, 0) is 82.1 Å². The monoisotopic (exact) mass is 653 g/mol. The van der Waals surface area contributed by atoms with E-state index in [0.29, 0.717) is 59.7 Å². The van der Waals surface area contributed by atoms with Gasteiger partial charge >= 0.3 is 6.18 Å². The molecule has 4 aromatic rings. The lowest BCUT2D eigenvalue weighted by Gasteiger charge is -2.43. The van der Waals surface area contributed by atoms with Crippen molar-refractivity contribution in [2.45, 2.75) is 64.6 Å². The first-order valence-corrected chi connectivity index (χ1v) is 15.0. The van der Waals surface area contributed by atoms with E-state index in [-0.39, 0.29) is 17.5 Å². The molecule has 0 radical (unpaired) electrons. The predicted molar refractivity (Wildman–Crippen MR) is 164 cm³/mol. The lowest BCUT2D eigenvalue weighted by Crippen LogP contribution is -2.55. The Bertz CT molecular complexity index is 2030. The van der Waals surface area contributed by atoms with Crippen molar-refractivity contribution in [3.8, 4) is 23.2 Å². The first kappa shape index (κ1) is 31.2. The Balaban J connectivity index is 1.51. The Hall–Kier alpha value is -4.84. The average molecular weight is 654 g/mol. The molecule has 0 unspecified atom stereocenters. The van der Waals surface area contributed by atoms with Gasteiger partial charge in [-0.2, -0.15) is 18.4 Å². The molecule has 1 aliphatic heterocycles. The van der Waals surface area contributed by atoms with Gasteiger partial charge in [0, 0.05) is 12.1 Å². The number of nitrogens with one attached hydrogen (secondary N) is 1. The third-order valence-electron chi connectivity index (χ3n) is 8.35. The molecule has 2 fully saturated rings. The normalized spacial score (nSPS) is 16.0. The van der Waals surface area contributed by atoms with Crippen LogP contribution in [0.2, 0.25) is 0 Å². The number of nitrogens with zero attached hydrogens (tertiary/aromatic N) is 6. The minimum Gasteiger partial charge on any atom is -0.493 e. The smallest absolute Gasteiger partial charge is 0.420 e. The molecule has 238 valence electrons. The van der Waals surface area contributed by atoms with Gasteiger partial charge in [-0.15, -0.1) is 5.10 Å². The van der Waals surface area contributed by atoms with E-state index in [1.54, 1.807) is 32.0 Å². The number of hydrogen-bond acceptors (Lipinski definition) is 7. The molecule has 46 heavy (non-hydrogen) atoms. The van der Waals surface area contributed by atoms with E-state index in [2.05, 4.69) is 9.97 Å². The molecule has 2 aromatic heterocycles. The number of ether oxygens (including phenoxy) is 1. The Morgan fingerprint density at radius 2 is 1.91 bits per heavy atom. The summed E-state index contributed by atoms with van der Waals surface area (Å²) in [7, 11) is 0. The summed E-state index contributed by atoms with van der Waals surface area (Å²) in [6.45, 7) is 5.77. The lowest BCUT2D eigenvalue weighted by atomic mass is 9.75. The molecule has 10 nitrogen and oxygen atoms in total. The van der Waals surface area contributed by atoms with Crippen LogP contribution >= 0.6 is 12.2 Å². The summed E-state index contributed by atoms with van der Waals surface area (Å²) in [5, 5.41) is 13.7. The van der Waals surface area contributed by atoms with Crippen LogP contribution in [0.4, 0.5) is 28.9 Å². The van der Waals surface area contributed by atoms with Crippen molar-refractivity contribution in [1.82, 2.24) is 19.6 Å². The van der Waals surface area contributed by atoms with E-state index in [0.717, 1.165) is 23.5 Å². The van der Waals surface area contributed by atoms with Crippen LogP contribution in [0.5, 0.6) is 5.75 Å². The van der Waals surface area contributed by atoms with E-state index in [1.807, 2.05) is 6.92 Å². The Morgan fingerprint density at radius 1 is 1.17 bits per heavy atom. The molecule has 15 heteroatoms. The first-order valence-electron chi connectivity index (χ1n) is 14.6. The minimum absolute atomic E-state index is 0.154. The Morgan fingerprint density at radius 3 is 2.52 bits per heavy atom. The van der Waals surface area contributed by atoms with Crippen LogP contribution in [0.25, 0.3) is 16.9 Å². The molecule has 2 aromatic carbocycles. The summed E-state index contributed by atoms with van der Waals surface area (Å²) in [5.41, 5.74) is -3.52. The number of alkyl halides is 3. The number of nitriles is 1. The number of benzene rings is 2. The highest BCUT2D eigenvalue weighted by atomic mass is 32.1. The van der Waals surface area contributed by atoms with Crippen molar-refractivity contribution >= 4 is 40.1 Å².